The summed E-state index contributed by atoms with van der Waals surface area (Å²) in [6.07, 6.45) is 6.84. The summed E-state index contributed by atoms with van der Waals surface area (Å²) in [4.78, 5) is 24.7. The molecule has 1 amide bonds. The van der Waals surface area contributed by atoms with Crippen LogP contribution < -0.4 is 15.6 Å². The molecule has 0 bridgehead atoms. The first-order valence-corrected chi connectivity index (χ1v) is 11.1. The molecule has 4 aromatic rings. The highest BCUT2D eigenvalue weighted by atomic mass is 16.5. The number of aryl methyl sites for hydroxylation is 1. The quantitative estimate of drug-likeness (QED) is 0.380. The Labute approximate surface area is 189 Å². The van der Waals surface area contributed by atoms with Gasteiger partial charge in [-0.05, 0) is 49.8 Å². The number of aliphatic hydroxyl groups excluding tert-OH is 1. The lowest BCUT2D eigenvalue weighted by atomic mass is 9.77. The number of aromatic nitrogens is 4. The maximum absolute atomic E-state index is 12.8. The minimum Gasteiger partial charge on any atom is -0.490 e. The third-order valence-electron chi connectivity index (χ3n) is 6.23. The molecule has 0 aliphatic heterocycles. The highest BCUT2D eigenvalue weighted by Crippen LogP contribution is 2.32. The van der Waals surface area contributed by atoms with Gasteiger partial charge in [0.1, 0.15) is 12.4 Å². The number of hydrogen-bond donors (Lipinski definition) is 3. The van der Waals surface area contributed by atoms with Gasteiger partial charge in [-0.25, -0.2) is 9.61 Å². The van der Waals surface area contributed by atoms with Gasteiger partial charge >= 0.3 is 0 Å². The number of pyridine rings is 1. The SMILES string of the molecule is O=C(NC1CC(CCc2n[nH]c(=O)c3ccccc23)C1)c1cnn2cc(OCCO)ccc12. The van der Waals surface area contributed by atoms with E-state index < -0.39 is 0 Å². The summed E-state index contributed by atoms with van der Waals surface area (Å²) < 4.78 is 6.99. The average Bonchev–Trinajstić information content (AvgIpc) is 3.23. The van der Waals surface area contributed by atoms with E-state index in [4.69, 9.17) is 9.84 Å². The molecule has 9 nitrogen and oxygen atoms in total. The van der Waals surface area contributed by atoms with Gasteiger partial charge < -0.3 is 15.2 Å². The van der Waals surface area contributed by atoms with Crippen molar-refractivity contribution in [3.63, 3.8) is 0 Å². The fourth-order valence-electron chi connectivity index (χ4n) is 4.44. The largest absolute Gasteiger partial charge is 0.490 e. The van der Waals surface area contributed by atoms with Gasteiger partial charge in [-0.15, -0.1) is 0 Å². The highest BCUT2D eigenvalue weighted by Gasteiger charge is 2.31. The van der Waals surface area contributed by atoms with Crippen LogP contribution in [-0.4, -0.2) is 50.1 Å². The van der Waals surface area contributed by atoms with Crippen molar-refractivity contribution in [1.29, 1.82) is 0 Å². The molecule has 5 rings (SSSR count). The van der Waals surface area contributed by atoms with Crippen molar-refractivity contribution < 1.29 is 14.6 Å². The normalized spacial score (nSPS) is 17.7. The maximum atomic E-state index is 12.8. The Morgan fingerprint density at radius 3 is 2.85 bits per heavy atom. The first kappa shape index (κ1) is 21.1. The summed E-state index contributed by atoms with van der Waals surface area (Å²) in [5.74, 6) is 0.960. The Balaban J connectivity index is 1.15. The number of fused-ring (bicyclic) bond motifs is 2. The van der Waals surface area contributed by atoms with Crippen LogP contribution in [0.4, 0.5) is 0 Å². The monoisotopic (exact) mass is 447 g/mol. The molecule has 1 aliphatic rings. The van der Waals surface area contributed by atoms with Crippen molar-refractivity contribution in [2.75, 3.05) is 13.2 Å². The van der Waals surface area contributed by atoms with E-state index in [0.717, 1.165) is 36.8 Å². The minimum atomic E-state index is -0.164. The first-order chi connectivity index (χ1) is 16.1. The van der Waals surface area contributed by atoms with Crippen LogP contribution in [0.2, 0.25) is 0 Å². The Bertz CT molecular complexity index is 1360. The smallest absolute Gasteiger partial charge is 0.272 e. The Hall–Kier alpha value is -3.72. The van der Waals surface area contributed by atoms with Crippen LogP contribution in [0.5, 0.6) is 5.75 Å². The summed E-state index contributed by atoms with van der Waals surface area (Å²) in [5, 5.41) is 24.6. The molecule has 0 unspecified atom stereocenters. The highest BCUT2D eigenvalue weighted by molar-refractivity contribution is 6.00. The molecule has 1 aliphatic carbocycles. The number of H-pyrrole nitrogens is 1. The molecule has 0 radical (unpaired) electrons. The molecule has 3 N–H and O–H groups in total. The van der Waals surface area contributed by atoms with E-state index in [1.807, 2.05) is 24.3 Å². The van der Waals surface area contributed by atoms with E-state index >= 15 is 0 Å². The molecule has 3 heterocycles. The van der Waals surface area contributed by atoms with Gasteiger partial charge in [0.15, 0.2) is 0 Å². The first-order valence-electron chi connectivity index (χ1n) is 11.1. The number of hydrogen-bond acceptors (Lipinski definition) is 6. The lowest BCUT2D eigenvalue weighted by Gasteiger charge is -2.35. The Morgan fingerprint density at radius 2 is 2.03 bits per heavy atom. The zero-order valence-electron chi connectivity index (χ0n) is 18.0. The molecule has 0 atom stereocenters. The summed E-state index contributed by atoms with van der Waals surface area (Å²) in [7, 11) is 0. The fourth-order valence-corrected chi connectivity index (χ4v) is 4.44. The van der Waals surface area contributed by atoms with Crippen molar-refractivity contribution in [3.8, 4) is 5.75 Å². The van der Waals surface area contributed by atoms with Crippen LogP contribution in [0.25, 0.3) is 16.3 Å². The lowest BCUT2D eigenvalue weighted by molar-refractivity contribution is 0.0887. The van der Waals surface area contributed by atoms with E-state index in [1.165, 1.54) is 0 Å². The predicted octanol–water partition coefficient (Wildman–Crippen LogP) is 2.08. The second-order valence-electron chi connectivity index (χ2n) is 8.42. The van der Waals surface area contributed by atoms with Crippen LogP contribution in [0.15, 0.2) is 53.6 Å². The van der Waals surface area contributed by atoms with Crippen LogP contribution in [0, 0.1) is 5.92 Å². The molecule has 0 spiro atoms. The number of carbonyl (C=O) groups is 1. The fraction of sp³-hybridized carbons (Fsp3) is 0.333. The zero-order valence-corrected chi connectivity index (χ0v) is 18.0. The number of aliphatic hydroxyl groups is 1. The van der Waals surface area contributed by atoms with E-state index in [1.54, 1.807) is 29.0 Å². The molecular formula is C24H25N5O4. The second kappa shape index (κ2) is 9.03. The topological polar surface area (TPSA) is 122 Å². The van der Waals surface area contributed by atoms with Crippen molar-refractivity contribution in [3.05, 3.63) is 70.4 Å². The number of rotatable bonds is 8. The predicted molar refractivity (Wildman–Crippen MR) is 122 cm³/mol. The Morgan fingerprint density at radius 1 is 1.21 bits per heavy atom. The molecule has 1 saturated carbocycles. The third-order valence-corrected chi connectivity index (χ3v) is 6.23. The van der Waals surface area contributed by atoms with E-state index in [-0.39, 0.29) is 30.7 Å². The van der Waals surface area contributed by atoms with Gasteiger partial charge in [0.2, 0.25) is 0 Å². The standard InChI is InChI=1S/C24H25N5O4/c30-9-10-33-17-6-8-22-20(13-25-29(22)14-17)23(31)26-16-11-15(12-16)5-7-21-18-3-1-2-4-19(18)24(32)28-27-21/h1-4,6,8,13-16,30H,5,7,9-12H2,(H,26,31)(H,28,32). The third kappa shape index (κ3) is 4.31. The Kier molecular flexibility index (Phi) is 5.78. The van der Waals surface area contributed by atoms with Crippen molar-refractivity contribution in [2.45, 2.75) is 31.7 Å². The van der Waals surface area contributed by atoms with E-state index in [9.17, 15) is 9.59 Å². The molecule has 170 valence electrons. The summed E-state index contributed by atoms with van der Waals surface area (Å²) in [5.41, 5.74) is 1.97. The molecule has 9 heteroatoms. The van der Waals surface area contributed by atoms with Gasteiger partial charge in [0.05, 0.1) is 41.2 Å². The number of benzene rings is 1. The minimum absolute atomic E-state index is 0.0643. The van der Waals surface area contributed by atoms with Crippen molar-refractivity contribution in [2.24, 2.45) is 5.92 Å². The molecule has 33 heavy (non-hydrogen) atoms. The number of nitrogens with one attached hydrogen (secondary N) is 2. The summed E-state index contributed by atoms with van der Waals surface area (Å²) >= 11 is 0. The van der Waals surface area contributed by atoms with Crippen LogP contribution in [0.3, 0.4) is 0 Å². The molecule has 0 saturated heterocycles. The zero-order chi connectivity index (χ0) is 22.8. The van der Waals surface area contributed by atoms with Gasteiger partial charge in [-0.3, -0.25) is 9.59 Å². The molecule has 3 aromatic heterocycles. The van der Waals surface area contributed by atoms with Gasteiger partial charge in [0.25, 0.3) is 11.5 Å². The molecular weight excluding hydrogens is 422 g/mol. The van der Waals surface area contributed by atoms with Crippen LogP contribution in [-0.2, 0) is 6.42 Å². The van der Waals surface area contributed by atoms with E-state index in [0.29, 0.717) is 28.1 Å². The summed E-state index contributed by atoms with van der Waals surface area (Å²) in [6, 6.07) is 11.2. The number of ether oxygens (including phenoxy) is 1. The van der Waals surface area contributed by atoms with Crippen LogP contribution in [0.1, 0.15) is 35.3 Å². The van der Waals surface area contributed by atoms with Gasteiger partial charge in [-0.2, -0.15) is 10.2 Å². The number of carbonyl (C=O) groups excluding carboxylic acids is 1. The summed E-state index contributed by atoms with van der Waals surface area (Å²) in [6.45, 7) is 0.141. The number of nitrogens with zero attached hydrogens (tertiary/aromatic N) is 3. The number of amides is 1. The number of aromatic amines is 1. The lowest BCUT2D eigenvalue weighted by Crippen LogP contribution is -2.44. The second-order valence-corrected chi connectivity index (χ2v) is 8.42. The maximum Gasteiger partial charge on any atom is 0.272 e. The van der Waals surface area contributed by atoms with Gasteiger partial charge in [0, 0.05) is 11.4 Å². The van der Waals surface area contributed by atoms with Crippen molar-refractivity contribution in [1.82, 2.24) is 25.1 Å². The van der Waals surface area contributed by atoms with Crippen molar-refractivity contribution >= 4 is 22.2 Å². The van der Waals surface area contributed by atoms with Crippen LogP contribution >= 0.6 is 0 Å². The molecule has 1 aromatic carbocycles. The molecule has 1 fully saturated rings. The van der Waals surface area contributed by atoms with E-state index in [2.05, 4.69) is 20.6 Å². The average molecular weight is 447 g/mol. The van der Waals surface area contributed by atoms with Gasteiger partial charge in [-0.1, -0.05) is 18.2 Å².